The van der Waals surface area contributed by atoms with Gasteiger partial charge in [-0.1, -0.05) is 44.2 Å². The first kappa shape index (κ1) is 21.4. The summed E-state index contributed by atoms with van der Waals surface area (Å²) in [6.07, 6.45) is 2.89. The molecular weight excluding hydrogens is 419 g/mol. The van der Waals surface area contributed by atoms with E-state index in [0.29, 0.717) is 24.5 Å². The number of anilines is 1. The molecule has 0 saturated carbocycles. The fraction of sp³-hybridized carbons (Fsp3) is 0.381. The molecule has 164 valence electrons. The Balaban J connectivity index is 1.52. The van der Waals surface area contributed by atoms with Crippen molar-refractivity contribution in [3.63, 3.8) is 0 Å². The third kappa shape index (κ3) is 4.05. The Kier molecular flexibility index (Phi) is 5.76. The van der Waals surface area contributed by atoms with Gasteiger partial charge in [-0.05, 0) is 0 Å². The van der Waals surface area contributed by atoms with E-state index in [-0.39, 0.29) is 35.5 Å². The van der Waals surface area contributed by atoms with Crippen LogP contribution in [0.25, 0.3) is 11.3 Å². The average Bonchev–Trinajstić information content (AvgIpc) is 3.17. The zero-order valence-electron chi connectivity index (χ0n) is 17.7. The van der Waals surface area contributed by atoms with E-state index >= 15 is 4.39 Å². The summed E-state index contributed by atoms with van der Waals surface area (Å²) in [5.74, 6) is 0.515. The molecule has 0 bridgehead atoms. The quantitative estimate of drug-likeness (QED) is 0.602. The van der Waals surface area contributed by atoms with Crippen LogP contribution in [0.5, 0.6) is 0 Å². The van der Waals surface area contributed by atoms with Crippen LogP contribution < -0.4 is 4.90 Å². The lowest BCUT2D eigenvalue weighted by Gasteiger charge is -2.34. The minimum Gasteiger partial charge on any atom is -0.351 e. The smallest absolute Gasteiger partial charge is 0.262 e. The monoisotopic (exact) mass is 444 g/mol. The van der Waals surface area contributed by atoms with E-state index in [4.69, 9.17) is 0 Å². The van der Waals surface area contributed by atoms with Crippen LogP contribution in [0.15, 0.2) is 47.9 Å². The van der Waals surface area contributed by atoms with Crippen LogP contribution in [0, 0.1) is 5.82 Å². The first-order valence-corrected chi connectivity index (χ1v) is 11.6. The maximum absolute atomic E-state index is 15.2. The number of piperazine rings is 1. The number of aromatic nitrogens is 4. The number of sulfonamides is 1. The number of imidazole rings is 1. The predicted molar refractivity (Wildman–Crippen MR) is 116 cm³/mol. The van der Waals surface area contributed by atoms with Crippen LogP contribution in [-0.4, -0.2) is 58.4 Å². The normalized spacial score (nSPS) is 15.6. The Morgan fingerprint density at radius 2 is 1.71 bits per heavy atom. The highest BCUT2D eigenvalue weighted by Crippen LogP contribution is 2.27. The highest BCUT2D eigenvalue weighted by atomic mass is 32.2. The number of halogens is 1. The highest BCUT2D eigenvalue weighted by Gasteiger charge is 2.32. The van der Waals surface area contributed by atoms with E-state index in [1.165, 1.54) is 10.6 Å². The summed E-state index contributed by atoms with van der Waals surface area (Å²) >= 11 is 0. The second-order valence-corrected chi connectivity index (χ2v) is 9.70. The minimum absolute atomic E-state index is 0.0479. The van der Waals surface area contributed by atoms with Crippen molar-refractivity contribution in [2.45, 2.75) is 24.8 Å². The van der Waals surface area contributed by atoms with Gasteiger partial charge in [-0.25, -0.2) is 27.8 Å². The molecule has 10 heteroatoms. The summed E-state index contributed by atoms with van der Waals surface area (Å²) in [6.45, 7) is 5.03. The van der Waals surface area contributed by atoms with Gasteiger partial charge in [0.1, 0.15) is 17.8 Å². The molecule has 0 unspecified atom stereocenters. The lowest BCUT2D eigenvalue weighted by Crippen LogP contribution is -2.49. The van der Waals surface area contributed by atoms with Crippen LogP contribution in [0.4, 0.5) is 10.2 Å². The number of hydrogen-bond acceptors (Lipinski definition) is 6. The average molecular weight is 445 g/mol. The zero-order chi connectivity index (χ0) is 22.2. The van der Waals surface area contributed by atoms with Gasteiger partial charge in [-0.2, -0.15) is 4.31 Å². The molecule has 8 nitrogen and oxygen atoms in total. The second-order valence-electron chi connectivity index (χ2n) is 7.82. The number of benzene rings is 1. The summed E-state index contributed by atoms with van der Waals surface area (Å²) in [6, 6.07) is 9.08. The van der Waals surface area contributed by atoms with Gasteiger partial charge in [0.15, 0.2) is 16.7 Å². The van der Waals surface area contributed by atoms with E-state index in [0.717, 1.165) is 0 Å². The second kappa shape index (κ2) is 8.35. The number of hydrogen-bond donors (Lipinski definition) is 0. The summed E-state index contributed by atoms with van der Waals surface area (Å²) < 4.78 is 44.4. The van der Waals surface area contributed by atoms with Crippen LogP contribution >= 0.6 is 0 Å². The van der Waals surface area contributed by atoms with Crippen molar-refractivity contribution < 1.29 is 12.8 Å². The number of rotatable bonds is 5. The molecule has 1 aromatic carbocycles. The molecule has 1 aliphatic heterocycles. The molecule has 0 N–H and O–H groups in total. The van der Waals surface area contributed by atoms with E-state index in [9.17, 15) is 8.42 Å². The van der Waals surface area contributed by atoms with Crippen molar-refractivity contribution in [1.29, 1.82) is 0 Å². The summed E-state index contributed by atoms with van der Waals surface area (Å²) in [7, 11) is -1.92. The van der Waals surface area contributed by atoms with Gasteiger partial charge in [0.2, 0.25) is 0 Å². The third-order valence-electron chi connectivity index (χ3n) is 5.37. The molecule has 0 atom stereocenters. The lowest BCUT2D eigenvalue weighted by molar-refractivity contribution is 0.380. The SMILES string of the molecule is CC(C)c1nc(S(=O)(=O)N2CCN(c3ncnc(-c4ccccc4)c3F)CC2)cn1C. The maximum atomic E-state index is 15.2. The molecule has 3 heterocycles. The molecule has 3 aromatic rings. The standard InChI is InChI=1S/C21H25FN6O2S/c1-15(2)20-25-17(13-26(20)3)31(29,30)28-11-9-27(10-12-28)21-18(22)19(23-14-24-21)16-7-5-4-6-8-16/h4-8,13-15H,9-12H2,1-3H3. The molecule has 0 amide bonds. The van der Waals surface area contributed by atoms with E-state index in [1.54, 1.807) is 34.8 Å². The van der Waals surface area contributed by atoms with Crippen LogP contribution in [0.1, 0.15) is 25.6 Å². The van der Waals surface area contributed by atoms with Gasteiger partial charge < -0.3 is 9.47 Å². The lowest BCUT2D eigenvalue weighted by atomic mass is 10.1. The predicted octanol–water partition coefficient (Wildman–Crippen LogP) is 2.65. The molecule has 1 fully saturated rings. The van der Waals surface area contributed by atoms with Crippen LogP contribution in [0.2, 0.25) is 0 Å². The summed E-state index contributed by atoms with van der Waals surface area (Å²) in [5.41, 5.74) is 0.899. The van der Waals surface area contributed by atoms with E-state index in [2.05, 4.69) is 15.0 Å². The Labute approximate surface area is 181 Å². The van der Waals surface area contributed by atoms with Gasteiger partial charge in [0.05, 0.1) is 0 Å². The van der Waals surface area contributed by atoms with Crippen molar-refractivity contribution in [2.75, 3.05) is 31.1 Å². The van der Waals surface area contributed by atoms with Gasteiger partial charge in [0.25, 0.3) is 10.0 Å². The van der Waals surface area contributed by atoms with Gasteiger partial charge in [0, 0.05) is 50.9 Å². The molecule has 31 heavy (non-hydrogen) atoms. The first-order chi connectivity index (χ1) is 14.8. The number of nitrogens with zero attached hydrogens (tertiary/aromatic N) is 6. The van der Waals surface area contributed by atoms with E-state index < -0.39 is 15.8 Å². The van der Waals surface area contributed by atoms with Crippen molar-refractivity contribution in [1.82, 2.24) is 23.8 Å². The molecule has 2 aromatic heterocycles. The number of aryl methyl sites for hydroxylation is 1. The molecular formula is C21H25FN6O2S. The molecule has 4 rings (SSSR count). The zero-order valence-corrected chi connectivity index (χ0v) is 18.5. The Hall–Kier alpha value is -2.85. The van der Waals surface area contributed by atoms with Crippen LogP contribution in [-0.2, 0) is 17.1 Å². The largest absolute Gasteiger partial charge is 0.351 e. The maximum Gasteiger partial charge on any atom is 0.262 e. The molecule has 0 aliphatic carbocycles. The topological polar surface area (TPSA) is 84.2 Å². The Morgan fingerprint density at radius 1 is 1.03 bits per heavy atom. The molecule has 1 saturated heterocycles. The molecule has 0 radical (unpaired) electrons. The third-order valence-corrected chi connectivity index (χ3v) is 7.14. The summed E-state index contributed by atoms with van der Waals surface area (Å²) in [4.78, 5) is 14.3. The highest BCUT2D eigenvalue weighted by molar-refractivity contribution is 7.89. The van der Waals surface area contributed by atoms with Gasteiger partial charge >= 0.3 is 0 Å². The minimum atomic E-state index is -3.72. The van der Waals surface area contributed by atoms with Crippen molar-refractivity contribution in [3.8, 4) is 11.3 Å². The molecule has 1 aliphatic rings. The first-order valence-electron chi connectivity index (χ1n) is 10.1. The van der Waals surface area contributed by atoms with Gasteiger partial charge in [-0.3, -0.25) is 0 Å². The molecule has 0 spiro atoms. The Bertz CT molecular complexity index is 1170. The summed E-state index contributed by atoms with van der Waals surface area (Å²) in [5, 5.41) is 0.0479. The van der Waals surface area contributed by atoms with E-state index in [1.807, 2.05) is 32.0 Å². The van der Waals surface area contributed by atoms with Crippen molar-refractivity contribution in [2.24, 2.45) is 7.05 Å². The van der Waals surface area contributed by atoms with Crippen molar-refractivity contribution in [3.05, 3.63) is 54.5 Å². The fourth-order valence-electron chi connectivity index (χ4n) is 3.76. The van der Waals surface area contributed by atoms with Crippen molar-refractivity contribution >= 4 is 15.8 Å². The van der Waals surface area contributed by atoms with Gasteiger partial charge in [-0.15, -0.1) is 0 Å². The Morgan fingerprint density at radius 3 is 2.32 bits per heavy atom. The van der Waals surface area contributed by atoms with Crippen LogP contribution in [0.3, 0.4) is 0 Å². The fourth-order valence-corrected chi connectivity index (χ4v) is 5.17.